The summed E-state index contributed by atoms with van der Waals surface area (Å²) in [4.78, 5) is 17.1. The number of rotatable bonds is 10. The minimum Gasteiger partial charge on any atom is -0.496 e. The number of aromatic nitrogens is 3. The van der Waals surface area contributed by atoms with Gasteiger partial charge in [-0.2, -0.15) is 13.2 Å². The molecule has 1 atom stereocenters. The first kappa shape index (κ1) is 31.0. The molecular formula is C30H31F4N5O5. The highest BCUT2D eigenvalue weighted by Gasteiger charge is 2.41. The number of hydrogen-bond acceptors (Lipinski definition) is 9. The molecule has 44 heavy (non-hydrogen) atoms. The molecule has 2 aromatic heterocycles. The summed E-state index contributed by atoms with van der Waals surface area (Å²) in [6.45, 7) is 0.199. The zero-order valence-electron chi connectivity index (χ0n) is 24.0. The second-order valence-corrected chi connectivity index (χ2v) is 10.4. The molecule has 0 saturated carbocycles. The largest absolute Gasteiger partial charge is 0.496 e. The smallest absolute Gasteiger partial charge is 0.490 e. The van der Waals surface area contributed by atoms with E-state index in [1.807, 2.05) is 41.3 Å². The molecule has 0 bridgehead atoms. The fourth-order valence-electron chi connectivity index (χ4n) is 5.32. The fourth-order valence-corrected chi connectivity index (χ4v) is 5.32. The van der Waals surface area contributed by atoms with Crippen LogP contribution in [-0.4, -0.2) is 83.3 Å². The highest BCUT2D eigenvalue weighted by atomic mass is 19.4. The van der Waals surface area contributed by atoms with Crippen LogP contribution in [0.1, 0.15) is 24.3 Å². The molecule has 234 valence electrons. The van der Waals surface area contributed by atoms with Gasteiger partial charge in [0.2, 0.25) is 5.95 Å². The minimum atomic E-state index is -5.11. The second kappa shape index (κ2) is 13.1. The number of anilines is 2. The van der Waals surface area contributed by atoms with Crippen molar-refractivity contribution >= 4 is 23.1 Å². The van der Waals surface area contributed by atoms with Crippen molar-refractivity contribution in [1.82, 2.24) is 19.5 Å². The molecule has 0 unspecified atom stereocenters. The van der Waals surface area contributed by atoms with Gasteiger partial charge < -0.3 is 29.5 Å². The normalized spacial score (nSPS) is 15.2. The van der Waals surface area contributed by atoms with Crippen molar-refractivity contribution in [1.29, 1.82) is 0 Å². The van der Waals surface area contributed by atoms with Gasteiger partial charge in [0.15, 0.2) is 0 Å². The number of ether oxygens (including phenoxy) is 3. The van der Waals surface area contributed by atoms with Gasteiger partial charge in [-0.15, -0.1) is 5.10 Å². The summed E-state index contributed by atoms with van der Waals surface area (Å²) in [5.41, 5.74) is 3.20. The van der Waals surface area contributed by atoms with Crippen LogP contribution in [0.2, 0.25) is 0 Å². The lowest BCUT2D eigenvalue weighted by atomic mass is 9.88. The second-order valence-electron chi connectivity index (χ2n) is 10.4. The van der Waals surface area contributed by atoms with Crippen molar-refractivity contribution in [2.45, 2.75) is 31.0 Å². The molecule has 1 saturated heterocycles. The molecule has 4 aromatic rings. The highest BCUT2D eigenvalue weighted by Crippen LogP contribution is 2.37. The molecule has 1 aliphatic heterocycles. The number of likely N-dealkylation sites (tertiary alicyclic amines) is 1. The number of esters is 1. The first-order valence-electron chi connectivity index (χ1n) is 13.8. The number of methoxy groups -OCH3 is 2. The van der Waals surface area contributed by atoms with Crippen LogP contribution in [-0.2, 0) is 9.53 Å². The van der Waals surface area contributed by atoms with Crippen molar-refractivity contribution in [2.24, 2.45) is 0 Å². The predicted molar refractivity (Wildman–Crippen MR) is 153 cm³/mol. The molecule has 0 radical (unpaired) electrons. The highest BCUT2D eigenvalue weighted by molar-refractivity contribution is 5.75. The van der Waals surface area contributed by atoms with E-state index in [9.17, 15) is 23.1 Å². The molecule has 0 amide bonds. The standard InChI is InChI=1S/C30H31F4N5O5/c1-42-26-6-4-3-5-21(26)25-8-7-19-15-35-29(37-39(19)25)36-24-14-23(31)22(13-27(24)43-2)18-9-11-38(12-10-18)16-20(40)17-44-28(41)30(32,33)34/h3-8,13-15,18,20,40H,9-12,16-17H2,1-2H3,(H,36,37)/t20-/m1/s1. The number of piperidine rings is 1. The van der Waals surface area contributed by atoms with Crippen molar-refractivity contribution in [3.05, 3.63) is 66.1 Å². The van der Waals surface area contributed by atoms with Crippen LogP contribution in [0, 0.1) is 5.82 Å². The van der Waals surface area contributed by atoms with Gasteiger partial charge in [0.25, 0.3) is 0 Å². The van der Waals surface area contributed by atoms with Crippen molar-refractivity contribution < 1.29 is 41.7 Å². The topological polar surface area (TPSA) is 110 Å². The molecule has 10 nitrogen and oxygen atoms in total. The van der Waals surface area contributed by atoms with Gasteiger partial charge in [-0.1, -0.05) is 12.1 Å². The van der Waals surface area contributed by atoms with E-state index >= 15 is 4.39 Å². The predicted octanol–water partition coefficient (Wildman–Crippen LogP) is 4.94. The number of aliphatic hydroxyl groups excluding tert-OH is 1. The number of carbonyl (C=O) groups is 1. The van der Waals surface area contributed by atoms with Crippen LogP contribution < -0.4 is 14.8 Å². The number of para-hydroxylation sites is 1. The summed E-state index contributed by atoms with van der Waals surface area (Å²) >= 11 is 0. The monoisotopic (exact) mass is 617 g/mol. The third kappa shape index (κ3) is 6.86. The Morgan fingerprint density at radius 2 is 1.82 bits per heavy atom. The molecule has 0 aliphatic carbocycles. The van der Waals surface area contributed by atoms with Crippen LogP contribution in [0.4, 0.5) is 29.2 Å². The zero-order valence-corrected chi connectivity index (χ0v) is 24.0. The average molecular weight is 618 g/mol. The molecule has 14 heteroatoms. The Morgan fingerprint density at radius 3 is 2.52 bits per heavy atom. The van der Waals surface area contributed by atoms with Crippen molar-refractivity contribution in [3.63, 3.8) is 0 Å². The summed E-state index contributed by atoms with van der Waals surface area (Å²) < 4.78 is 69.3. The number of carbonyl (C=O) groups excluding carboxylic acids is 1. The van der Waals surface area contributed by atoms with E-state index in [-0.39, 0.29) is 18.4 Å². The average Bonchev–Trinajstić information content (AvgIpc) is 3.43. The summed E-state index contributed by atoms with van der Waals surface area (Å²) in [5, 5.41) is 17.7. The van der Waals surface area contributed by atoms with Crippen molar-refractivity contribution in [2.75, 3.05) is 45.8 Å². The summed E-state index contributed by atoms with van der Waals surface area (Å²) in [7, 11) is 3.08. The summed E-state index contributed by atoms with van der Waals surface area (Å²) in [6, 6.07) is 14.3. The Labute approximate surface area is 250 Å². The van der Waals surface area contributed by atoms with Crippen LogP contribution in [0.25, 0.3) is 16.8 Å². The van der Waals surface area contributed by atoms with Gasteiger partial charge in [0.1, 0.15) is 30.0 Å². The van der Waals surface area contributed by atoms with E-state index in [0.717, 1.165) is 16.8 Å². The summed E-state index contributed by atoms with van der Waals surface area (Å²) in [5.74, 6) is -1.62. The number of halogens is 4. The quantitative estimate of drug-likeness (QED) is 0.189. The van der Waals surface area contributed by atoms with Crippen LogP contribution in [0.3, 0.4) is 0 Å². The van der Waals surface area contributed by atoms with Gasteiger partial charge >= 0.3 is 12.1 Å². The maximum Gasteiger partial charge on any atom is 0.490 e. The van der Waals surface area contributed by atoms with E-state index in [4.69, 9.17) is 9.47 Å². The van der Waals surface area contributed by atoms with E-state index in [1.165, 1.54) is 13.2 Å². The molecule has 2 N–H and O–H groups in total. The van der Waals surface area contributed by atoms with E-state index in [0.29, 0.717) is 48.7 Å². The van der Waals surface area contributed by atoms with Crippen molar-refractivity contribution in [3.8, 4) is 22.8 Å². The van der Waals surface area contributed by atoms with Crippen LogP contribution in [0.5, 0.6) is 11.5 Å². The molecule has 5 rings (SSSR count). The van der Waals surface area contributed by atoms with E-state index < -0.39 is 30.7 Å². The Morgan fingerprint density at radius 1 is 1.09 bits per heavy atom. The number of aliphatic hydroxyl groups is 1. The van der Waals surface area contributed by atoms with Gasteiger partial charge in [0, 0.05) is 18.2 Å². The van der Waals surface area contributed by atoms with Crippen LogP contribution >= 0.6 is 0 Å². The lowest BCUT2D eigenvalue weighted by molar-refractivity contribution is -0.202. The Bertz CT molecular complexity index is 1620. The third-order valence-electron chi connectivity index (χ3n) is 7.48. The van der Waals surface area contributed by atoms with Crippen LogP contribution in [0.15, 0.2) is 54.7 Å². The Kier molecular flexibility index (Phi) is 9.20. The molecule has 0 spiro atoms. The number of fused-ring (bicyclic) bond motifs is 1. The number of nitrogens with one attached hydrogen (secondary N) is 1. The Hall–Kier alpha value is -4.43. The van der Waals surface area contributed by atoms with Gasteiger partial charge in [0.05, 0.1) is 37.3 Å². The molecule has 1 fully saturated rings. The minimum absolute atomic E-state index is 0.0248. The van der Waals surface area contributed by atoms with Gasteiger partial charge in [-0.25, -0.2) is 18.7 Å². The van der Waals surface area contributed by atoms with Gasteiger partial charge in [-0.05, 0) is 67.7 Å². The molecule has 2 aromatic carbocycles. The first-order chi connectivity index (χ1) is 21.1. The first-order valence-corrected chi connectivity index (χ1v) is 13.8. The van der Waals surface area contributed by atoms with Gasteiger partial charge in [-0.3, -0.25) is 0 Å². The number of β-amino-alcohol motifs (C(OH)–C–C–N with tert-alkyl or cyclic N) is 1. The maximum absolute atomic E-state index is 15.5. The Balaban J connectivity index is 1.26. The van der Waals surface area contributed by atoms with E-state index in [1.54, 1.807) is 23.9 Å². The zero-order chi connectivity index (χ0) is 31.4. The number of hydrogen-bond donors (Lipinski definition) is 2. The lowest BCUT2D eigenvalue weighted by Gasteiger charge is -2.33. The van der Waals surface area contributed by atoms with E-state index in [2.05, 4.69) is 20.1 Å². The molecule has 1 aliphatic rings. The molecular weight excluding hydrogens is 586 g/mol. The number of benzene rings is 2. The summed E-state index contributed by atoms with van der Waals surface area (Å²) in [6.07, 6.45) is -3.66. The SMILES string of the molecule is COc1cc(C2CCN(C[C@@H](O)COC(=O)C(F)(F)F)CC2)c(F)cc1Nc1ncc2ccc(-c3ccccc3OC)n2n1. The maximum atomic E-state index is 15.5. The third-order valence-corrected chi connectivity index (χ3v) is 7.48. The molecule has 3 heterocycles. The number of nitrogens with zero attached hydrogens (tertiary/aromatic N) is 4. The number of alkyl halides is 3. The fraction of sp³-hybridized carbons (Fsp3) is 0.367. The lowest BCUT2D eigenvalue weighted by Crippen LogP contribution is -2.40.